The van der Waals surface area contributed by atoms with Gasteiger partial charge in [-0.1, -0.05) is 25.1 Å². The van der Waals surface area contributed by atoms with Crippen LogP contribution in [0.4, 0.5) is 5.69 Å². The van der Waals surface area contributed by atoms with Crippen molar-refractivity contribution in [3.8, 4) is 0 Å². The number of hydrogen-bond acceptors (Lipinski definition) is 3. The van der Waals surface area contributed by atoms with Gasteiger partial charge in [0.1, 0.15) is 0 Å². The van der Waals surface area contributed by atoms with E-state index in [2.05, 4.69) is 5.32 Å². The lowest BCUT2D eigenvalue weighted by Gasteiger charge is -2.14. The quantitative estimate of drug-likeness (QED) is 0.678. The predicted octanol–water partition coefficient (Wildman–Crippen LogP) is 2.02. The van der Waals surface area contributed by atoms with Crippen molar-refractivity contribution in [2.75, 3.05) is 11.9 Å². The maximum absolute atomic E-state index is 12.0. The molecule has 1 unspecified atom stereocenters. The normalized spacial score (nSPS) is 11.9. The van der Waals surface area contributed by atoms with Crippen LogP contribution in [0.5, 0.6) is 0 Å². The van der Waals surface area contributed by atoms with Crippen molar-refractivity contribution in [1.82, 2.24) is 0 Å². The van der Waals surface area contributed by atoms with Crippen molar-refractivity contribution >= 4 is 17.6 Å². The van der Waals surface area contributed by atoms with Crippen molar-refractivity contribution in [3.63, 3.8) is 0 Å². The second kappa shape index (κ2) is 8.32. The maximum atomic E-state index is 12.0. The minimum absolute atomic E-state index is 0.0512. The SMILES string of the molecule is CC(CCCN)C(=O)Nc1ccccc1CCC(=O)O. The third-order valence-electron chi connectivity index (χ3n) is 3.17. The Kier molecular flexibility index (Phi) is 6.73. The number of carboxylic acids is 1. The maximum Gasteiger partial charge on any atom is 0.303 e. The zero-order valence-electron chi connectivity index (χ0n) is 11.8. The number of amides is 1. The van der Waals surface area contributed by atoms with Crippen LogP contribution in [-0.4, -0.2) is 23.5 Å². The fraction of sp³-hybridized carbons (Fsp3) is 0.467. The number of carboxylic acid groups (broad SMARTS) is 1. The van der Waals surface area contributed by atoms with Crippen LogP contribution in [0.25, 0.3) is 0 Å². The first-order chi connectivity index (χ1) is 9.54. The summed E-state index contributed by atoms with van der Waals surface area (Å²) in [5, 5.41) is 11.6. The number of carbonyl (C=O) groups excluding carboxylic acids is 1. The fourth-order valence-electron chi connectivity index (χ4n) is 1.91. The van der Waals surface area contributed by atoms with Crippen LogP contribution in [0.3, 0.4) is 0 Å². The minimum atomic E-state index is -0.845. The van der Waals surface area contributed by atoms with Gasteiger partial charge in [-0.3, -0.25) is 9.59 Å². The third-order valence-corrected chi connectivity index (χ3v) is 3.17. The van der Waals surface area contributed by atoms with Crippen LogP contribution in [0, 0.1) is 5.92 Å². The first kappa shape index (κ1) is 16.2. The molecule has 0 radical (unpaired) electrons. The molecule has 1 aromatic carbocycles. The molecule has 5 heteroatoms. The zero-order chi connectivity index (χ0) is 15.0. The van der Waals surface area contributed by atoms with Gasteiger partial charge in [-0.2, -0.15) is 0 Å². The summed E-state index contributed by atoms with van der Waals surface area (Å²) in [4.78, 5) is 22.7. The highest BCUT2D eigenvalue weighted by molar-refractivity contribution is 5.93. The number of para-hydroxylation sites is 1. The van der Waals surface area contributed by atoms with E-state index in [1.807, 2.05) is 25.1 Å². The molecule has 0 bridgehead atoms. The Morgan fingerprint density at radius 3 is 2.70 bits per heavy atom. The van der Waals surface area contributed by atoms with E-state index < -0.39 is 5.97 Å². The molecular weight excluding hydrogens is 256 g/mol. The molecule has 0 aromatic heterocycles. The van der Waals surface area contributed by atoms with Gasteiger partial charge < -0.3 is 16.2 Å². The Morgan fingerprint density at radius 2 is 2.05 bits per heavy atom. The van der Waals surface area contributed by atoms with Crippen LogP contribution in [-0.2, 0) is 16.0 Å². The number of benzene rings is 1. The second-order valence-corrected chi connectivity index (χ2v) is 4.87. The summed E-state index contributed by atoms with van der Waals surface area (Å²) < 4.78 is 0. The molecule has 1 rings (SSSR count). The lowest BCUT2D eigenvalue weighted by molar-refractivity contribution is -0.137. The molecule has 0 aliphatic rings. The summed E-state index contributed by atoms with van der Waals surface area (Å²) in [6.07, 6.45) is 2.02. The molecule has 110 valence electrons. The van der Waals surface area contributed by atoms with Gasteiger partial charge in [0.25, 0.3) is 0 Å². The smallest absolute Gasteiger partial charge is 0.303 e. The number of aliphatic carboxylic acids is 1. The van der Waals surface area contributed by atoms with E-state index in [9.17, 15) is 9.59 Å². The summed E-state index contributed by atoms with van der Waals surface area (Å²) in [5.74, 6) is -1.00. The molecule has 0 aliphatic heterocycles. The lowest BCUT2D eigenvalue weighted by Crippen LogP contribution is -2.22. The highest BCUT2D eigenvalue weighted by atomic mass is 16.4. The molecule has 1 amide bonds. The molecule has 1 aromatic rings. The first-order valence-electron chi connectivity index (χ1n) is 6.85. The molecule has 0 fully saturated rings. The average molecular weight is 278 g/mol. The molecule has 0 aliphatic carbocycles. The van der Waals surface area contributed by atoms with E-state index in [0.717, 1.165) is 18.4 Å². The molecule has 4 N–H and O–H groups in total. The van der Waals surface area contributed by atoms with Crippen LogP contribution in [0.2, 0.25) is 0 Å². The summed E-state index contributed by atoms with van der Waals surface area (Å²) >= 11 is 0. The molecule has 0 heterocycles. The van der Waals surface area contributed by atoms with Crippen LogP contribution in [0.15, 0.2) is 24.3 Å². The highest BCUT2D eigenvalue weighted by Crippen LogP contribution is 2.18. The largest absolute Gasteiger partial charge is 0.481 e. The molecule has 0 spiro atoms. The number of anilines is 1. The lowest BCUT2D eigenvalue weighted by atomic mass is 10.0. The van der Waals surface area contributed by atoms with E-state index in [4.69, 9.17) is 10.8 Å². The molecular formula is C15H22N2O3. The van der Waals surface area contributed by atoms with E-state index in [-0.39, 0.29) is 18.2 Å². The van der Waals surface area contributed by atoms with Gasteiger partial charge in [-0.25, -0.2) is 0 Å². The van der Waals surface area contributed by atoms with Gasteiger partial charge in [0.2, 0.25) is 5.91 Å². The van der Waals surface area contributed by atoms with Crippen molar-refractivity contribution in [1.29, 1.82) is 0 Å². The molecule has 0 saturated heterocycles. The van der Waals surface area contributed by atoms with Gasteiger partial charge in [0.15, 0.2) is 0 Å². The number of hydrogen-bond donors (Lipinski definition) is 3. The molecule has 5 nitrogen and oxygen atoms in total. The van der Waals surface area contributed by atoms with Crippen LogP contribution < -0.4 is 11.1 Å². The Balaban J connectivity index is 2.66. The molecule has 20 heavy (non-hydrogen) atoms. The third kappa shape index (κ3) is 5.40. The Labute approximate surface area is 119 Å². The molecule has 1 atom stereocenters. The summed E-state index contributed by atoms with van der Waals surface area (Å²) in [5.41, 5.74) is 6.97. The van der Waals surface area contributed by atoms with E-state index >= 15 is 0 Å². The minimum Gasteiger partial charge on any atom is -0.481 e. The van der Waals surface area contributed by atoms with Crippen molar-refractivity contribution in [3.05, 3.63) is 29.8 Å². The Hall–Kier alpha value is -1.88. The van der Waals surface area contributed by atoms with Crippen molar-refractivity contribution in [2.45, 2.75) is 32.6 Å². The van der Waals surface area contributed by atoms with Crippen LogP contribution >= 0.6 is 0 Å². The zero-order valence-corrected chi connectivity index (χ0v) is 11.8. The van der Waals surface area contributed by atoms with Gasteiger partial charge in [-0.15, -0.1) is 0 Å². The number of carbonyl (C=O) groups is 2. The fourth-order valence-corrected chi connectivity index (χ4v) is 1.91. The highest BCUT2D eigenvalue weighted by Gasteiger charge is 2.14. The van der Waals surface area contributed by atoms with E-state index in [0.29, 0.717) is 18.7 Å². The average Bonchev–Trinajstić information content (AvgIpc) is 2.43. The number of nitrogens with one attached hydrogen (secondary N) is 1. The Morgan fingerprint density at radius 1 is 1.35 bits per heavy atom. The van der Waals surface area contributed by atoms with Gasteiger partial charge in [0.05, 0.1) is 0 Å². The number of nitrogens with two attached hydrogens (primary N) is 1. The van der Waals surface area contributed by atoms with Gasteiger partial charge >= 0.3 is 5.97 Å². The van der Waals surface area contributed by atoms with E-state index in [1.54, 1.807) is 6.07 Å². The number of aryl methyl sites for hydroxylation is 1. The summed E-state index contributed by atoms with van der Waals surface area (Å²) in [7, 11) is 0. The topological polar surface area (TPSA) is 92.4 Å². The van der Waals surface area contributed by atoms with Gasteiger partial charge in [0, 0.05) is 18.0 Å². The first-order valence-corrected chi connectivity index (χ1v) is 6.85. The van der Waals surface area contributed by atoms with Crippen LogP contribution in [0.1, 0.15) is 31.7 Å². The van der Waals surface area contributed by atoms with Gasteiger partial charge in [-0.05, 0) is 37.4 Å². The molecule has 0 saturated carbocycles. The predicted molar refractivity (Wildman–Crippen MR) is 78.5 cm³/mol. The van der Waals surface area contributed by atoms with Crippen molar-refractivity contribution in [2.24, 2.45) is 11.7 Å². The summed E-state index contributed by atoms with van der Waals surface area (Å²) in [6.45, 7) is 2.44. The van der Waals surface area contributed by atoms with Crippen molar-refractivity contribution < 1.29 is 14.7 Å². The van der Waals surface area contributed by atoms with E-state index in [1.165, 1.54) is 0 Å². The monoisotopic (exact) mass is 278 g/mol. The summed E-state index contributed by atoms with van der Waals surface area (Å²) in [6, 6.07) is 7.29. The Bertz CT molecular complexity index is 460. The standard InChI is InChI=1S/C15H22N2O3/c1-11(5-4-10-16)15(20)17-13-7-3-2-6-12(13)8-9-14(18)19/h2-3,6-7,11H,4-5,8-10,16H2,1H3,(H,17,20)(H,18,19). The second-order valence-electron chi connectivity index (χ2n) is 4.87. The number of rotatable bonds is 8.